The van der Waals surface area contributed by atoms with Gasteiger partial charge in [0.05, 0.1) is 18.0 Å². The zero-order valence-electron chi connectivity index (χ0n) is 19.5. The lowest BCUT2D eigenvalue weighted by Crippen LogP contribution is -2.49. The highest BCUT2D eigenvalue weighted by Gasteiger charge is 2.50. The maximum absolute atomic E-state index is 13.1. The average molecular weight is 467 g/mol. The van der Waals surface area contributed by atoms with Crippen LogP contribution in [0.5, 0.6) is 0 Å². The Morgan fingerprint density at radius 3 is 2.36 bits per heavy atom. The summed E-state index contributed by atoms with van der Waals surface area (Å²) >= 11 is 0. The molecule has 33 heavy (non-hydrogen) atoms. The Kier molecular flexibility index (Phi) is 5.25. The fourth-order valence-electron chi connectivity index (χ4n) is 7.48. The minimum Gasteiger partial charge on any atom is -0.369 e. The molecule has 4 bridgehead atoms. The molecule has 7 rings (SSSR count). The summed E-state index contributed by atoms with van der Waals surface area (Å²) in [6, 6.07) is 7.73. The second-order valence-electron chi connectivity index (χ2n) is 11.2. The number of anilines is 1. The highest BCUT2D eigenvalue weighted by Crippen LogP contribution is 2.59. The third-order valence-electron chi connectivity index (χ3n) is 8.63. The van der Waals surface area contributed by atoms with Crippen molar-refractivity contribution >= 4 is 15.8 Å². The number of hydrogen-bond donors (Lipinski definition) is 1. The zero-order chi connectivity index (χ0) is 22.6. The molecule has 0 atom stereocenters. The number of nitrogens with one attached hydrogen (secondary N) is 1. The molecular weight excluding hydrogens is 432 g/mol. The number of benzene rings is 1. The molecule has 1 aromatic heterocycles. The van der Waals surface area contributed by atoms with Gasteiger partial charge >= 0.3 is 0 Å². The van der Waals surface area contributed by atoms with E-state index in [0.717, 1.165) is 52.5 Å². The number of fused-ring (bicyclic) bond motifs is 1. The first-order valence-corrected chi connectivity index (χ1v) is 14.1. The van der Waals surface area contributed by atoms with E-state index in [1.165, 1.54) is 38.5 Å². The van der Waals surface area contributed by atoms with Crippen LogP contribution in [0.4, 0.5) is 5.82 Å². The van der Waals surface area contributed by atoms with Crippen molar-refractivity contribution in [3.63, 3.8) is 0 Å². The van der Waals surface area contributed by atoms with Gasteiger partial charge in [-0.05, 0) is 80.6 Å². The van der Waals surface area contributed by atoms with Crippen LogP contribution in [-0.4, -0.2) is 35.8 Å². The number of nitrogens with zero attached hydrogens (tertiary/aromatic N) is 3. The van der Waals surface area contributed by atoms with Gasteiger partial charge in [-0.15, -0.1) is 0 Å². The standard InChI is InChI=1S/C26H34N4O2S/c1-18-2-4-19(5-3-18)15-33(31,32)30-7-6-23-24(14-30)28-17-29-25(23)27-16-26-11-20-8-21(12-26)10-22(9-20)13-26/h2-5,17,20-22H,6-16H2,1H3,(H,27,28,29). The van der Waals surface area contributed by atoms with Gasteiger partial charge in [0.25, 0.3) is 0 Å². The molecule has 4 aliphatic carbocycles. The number of aromatic nitrogens is 2. The summed E-state index contributed by atoms with van der Waals surface area (Å²) in [5, 5.41) is 3.71. The van der Waals surface area contributed by atoms with Crippen LogP contribution < -0.4 is 5.32 Å². The molecule has 5 aliphatic rings. The molecule has 0 unspecified atom stereocenters. The second-order valence-corrected chi connectivity index (χ2v) is 13.2. The van der Waals surface area contributed by atoms with Gasteiger partial charge in [-0.3, -0.25) is 0 Å². The molecule has 2 heterocycles. The Bertz CT molecular complexity index is 1110. The summed E-state index contributed by atoms with van der Waals surface area (Å²) in [4.78, 5) is 9.06. The molecule has 4 saturated carbocycles. The lowest BCUT2D eigenvalue weighted by molar-refractivity contribution is -0.0444. The first kappa shape index (κ1) is 21.5. The van der Waals surface area contributed by atoms with Crippen LogP contribution in [0.2, 0.25) is 0 Å². The van der Waals surface area contributed by atoms with Gasteiger partial charge in [0.1, 0.15) is 12.1 Å². The normalized spacial score (nSPS) is 30.9. The largest absolute Gasteiger partial charge is 0.369 e. The van der Waals surface area contributed by atoms with Gasteiger partial charge in [0.2, 0.25) is 10.0 Å². The number of aryl methyl sites for hydroxylation is 1. The van der Waals surface area contributed by atoms with E-state index < -0.39 is 10.0 Å². The summed E-state index contributed by atoms with van der Waals surface area (Å²) in [5.41, 5.74) is 4.34. The van der Waals surface area contributed by atoms with E-state index >= 15 is 0 Å². The highest BCUT2D eigenvalue weighted by molar-refractivity contribution is 7.88. The van der Waals surface area contributed by atoms with Crippen molar-refractivity contribution in [1.82, 2.24) is 14.3 Å². The zero-order valence-corrected chi connectivity index (χ0v) is 20.3. The van der Waals surface area contributed by atoms with Crippen LogP contribution >= 0.6 is 0 Å². The lowest BCUT2D eigenvalue weighted by Gasteiger charge is -2.57. The van der Waals surface area contributed by atoms with Gasteiger partial charge in [-0.1, -0.05) is 29.8 Å². The molecule has 6 nitrogen and oxygen atoms in total. The molecule has 1 N–H and O–H groups in total. The number of sulfonamides is 1. The van der Waals surface area contributed by atoms with Crippen LogP contribution in [0.25, 0.3) is 0 Å². The predicted molar refractivity (Wildman–Crippen MR) is 129 cm³/mol. The van der Waals surface area contributed by atoms with Gasteiger partial charge in [0, 0.05) is 18.7 Å². The van der Waals surface area contributed by atoms with Crippen LogP contribution in [-0.2, 0) is 28.7 Å². The molecule has 0 spiro atoms. The summed E-state index contributed by atoms with van der Waals surface area (Å²) in [6.07, 6.45) is 10.7. The average Bonchev–Trinajstić information content (AvgIpc) is 2.78. The topological polar surface area (TPSA) is 75.2 Å². The fourth-order valence-corrected chi connectivity index (χ4v) is 8.97. The Morgan fingerprint density at radius 1 is 1.03 bits per heavy atom. The van der Waals surface area contributed by atoms with Crippen LogP contribution in [0.3, 0.4) is 0 Å². The molecular formula is C26H34N4O2S. The van der Waals surface area contributed by atoms with E-state index in [4.69, 9.17) is 0 Å². The van der Waals surface area contributed by atoms with Crippen molar-refractivity contribution in [2.24, 2.45) is 23.2 Å². The van der Waals surface area contributed by atoms with Crippen molar-refractivity contribution in [3.05, 3.63) is 53.0 Å². The maximum atomic E-state index is 13.1. The van der Waals surface area contributed by atoms with Gasteiger partial charge < -0.3 is 5.32 Å². The summed E-state index contributed by atoms with van der Waals surface area (Å²) in [7, 11) is -3.40. The van der Waals surface area contributed by atoms with E-state index in [2.05, 4.69) is 15.3 Å². The molecule has 2 aromatic rings. The number of hydrogen-bond acceptors (Lipinski definition) is 5. The van der Waals surface area contributed by atoms with Crippen molar-refractivity contribution < 1.29 is 8.42 Å². The molecule has 1 aromatic carbocycles. The van der Waals surface area contributed by atoms with E-state index in [1.54, 1.807) is 10.6 Å². The van der Waals surface area contributed by atoms with Crippen LogP contribution in [0.1, 0.15) is 60.9 Å². The highest BCUT2D eigenvalue weighted by atomic mass is 32.2. The Labute approximate surface area is 197 Å². The second kappa shape index (κ2) is 8.05. The molecule has 0 radical (unpaired) electrons. The minimum absolute atomic E-state index is 0.0326. The molecule has 4 fully saturated rings. The predicted octanol–water partition coefficient (Wildman–Crippen LogP) is 4.30. The van der Waals surface area contributed by atoms with E-state index in [0.29, 0.717) is 24.9 Å². The van der Waals surface area contributed by atoms with Crippen molar-refractivity contribution in [3.8, 4) is 0 Å². The summed E-state index contributed by atoms with van der Waals surface area (Å²) < 4.78 is 27.8. The van der Waals surface area contributed by atoms with Crippen LogP contribution in [0, 0.1) is 30.1 Å². The van der Waals surface area contributed by atoms with Gasteiger partial charge in [0.15, 0.2) is 0 Å². The molecule has 0 saturated heterocycles. The van der Waals surface area contributed by atoms with Crippen molar-refractivity contribution in [1.29, 1.82) is 0 Å². The Morgan fingerprint density at radius 2 is 1.70 bits per heavy atom. The smallest absolute Gasteiger partial charge is 0.218 e. The third kappa shape index (κ3) is 4.18. The maximum Gasteiger partial charge on any atom is 0.218 e. The first-order chi connectivity index (χ1) is 15.9. The van der Waals surface area contributed by atoms with E-state index in [1.807, 2.05) is 31.2 Å². The lowest BCUT2D eigenvalue weighted by atomic mass is 9.49. The first-order valence-electron chi connectivity index (χ1n) is 12.5. The molecule has 0 amide bonds. The van der Waals surface area contributed by atoms with Crippen molar-refractivity contribution in [2.75, 3.05) is 18.4 Å². The van der Waals surface area contributed by atoms with Crippen LogP contribution in [0.15, 0.2) is 30.6 Å². The van der Waals surface area contributed by atoms with Gasteiger partial charge in [-0.25, -0.2) is 18.4 Å². The Hall–Kier alpha value is -1.99. The van der Waals surface area contributed by atoms with E-state index in [9.17, 15) is 8.42 Å². The quantitative estimate of drug-likeness (QED) is 0.687. The summed E-state index contributed by atoms with van der Waals surface area (Å²) in [5.74, 6) is 3.76. The minimum atomic E-state index is -3.40. The third-order valence-corrected chi connectivity index (χ3v) is 10.4. The molecule has 7 heteroatoms. The molecule has 1 aliphatic heterocycles. The SMILES string of the molecule is Cc1ccc(CS(=O)(=O)N2CCc3c(ncnc3NCC34CC5CC(CC(C5)C3)C4)C2)cc1. The fraction of sp³-hybridized carbons (Fsp3) is 0.615. The molecule has 176 valence electrons. The Balaban J connectivity index is 1.15. The van der Waals surface area contributed by atoms with Gasteiger partial charge in [-0.2, -0.15) is 4.31 Å². The van der Waals surface area contributed by atoms with E-state index in [-0.39, 0.29) is 5.75 Å². The summed E-state index contributed by atoms with van der Waals surface area (Å²) in [6.45, 7) is 3.82. The monoisotopic (exact) mass is 466 g/mol. The van der Waals surface area contributed by atoms with Crippen molar-refractivity contribution in [2.45, 2.75) is 64.2 Å². The number of rotatable bonds is 6.